The lowest BCUT2D eigenvalue weighted by atomic mass is 10.1. The molecule has 21 heavy (non-hydrogen) atoms. The molecule has 2 unspecified atom stereocenters. The van der Waals surface area contributed by atoms with Gasteiger partial charge in [-0.25, -0.2) is 8.42 Å². The molecule has 0 amide bonds. The third-order valence-corrected chi connectivity index (χ3v) is 4.95. The molecule has 0 aliphatic heterocycles. The first-order chi connectivity index (χ1) is 9.73. The normalized spacial score (nSPS) is 15.0. The molecule has 1 aromatic carbocycles. The van der Waals surface area contributed by atoms with Crippen molar-refractivity contribution in [3.8, 4) is 5.75 Å². The molecule has 4 nitrogen and oxygen atoms in total. The van der Waals surface area contributed by atoms with Crippen LogP contribution < -0.4 is 10.1 Å². The van der Waals surface area contributed by atoms with Gasteiger partial charge in [-0.2, -0.15) is 8.78 Å². The van der Waals surface area contributed by atoms with Gasteiger partial charge < -0.3 is 10.1 Å². The van der Waals surface area contributed by atoms with E-state index in [9.17, 15) is 17.2 Å². The van der Waals surface area contributed by atoms with E-state index in [-0.39, 0.29) is 29.3 Å². The fourth-order valence-electron chi connectivity index (χ4n) is 2.03. The van der Waals surface area contributed by atoms with E-state index in [1.165, 1.54) is 12.1 Å². The van der Waals surface area contributed by atoms with Crippen LogP contribution in [0.25, 0.3) is 0 Å². The van der Waals surface area contributed by atoms with Gasteiger partial charge in [0.15, 0.2) is 9.84 Å². The molecule has 0 aliphatic rings. The molecule has 1 rings (SSSR count). The van der Waals surface area contributed by atoms with Gasteiger partial charge in [0.25, 0.3) is 0 Å². The van der Waals surface area contributed by atoms with Crippen molar-refractivity contribution >= 4 is 9.84 Å². The van der Waals surface area contributed by atoms with Crippen molar-refractivity contribution in [2.45, 2.75) is 39.5 Å². The number of benzene rings is 1. The van der Waals surface area contributed by atoms with E-state index in [2.05, 4.69) is 10.1 Å². The highest BCUT2D eigenvalue weighted by atomic mass is 32.2. The van der Waals surface area contributed by atoms with Crippen molar-refractivity contribution < 1.29 is 21.9 Å². The van der Waals surface area contributed by atoms with Gasteiger partial charge in [0.05, 0.1) is 5.75 Å². The number of hydrogen-bond donors (Lipinski definition) is 1. The Morgan fingerprint density at radius 3 is 2.52 bits per heavy atom. The summed E-state index contributed by atoms with van der Waals surface area (Å²) in [6.45, 7) is 2.37. The molecule has 0 saturated heterocycles. The van der Waals surface area contributed by atoms with Crippen LogP contribution in [0.15, 0.2) is 24.3 Å². The van der Waals surface area contributed by atoms with E-state index in [1.807, 2.05) is 6.92 Å². The van der Waals surface area contributed by atoms with Crippen molar-refractivity contribution in [3.63, 3.8) is 0 Å². The van der Waals surface area contributed by atoms with Crippen molar-refractivity contribution in [1.82, 2.24) is 5.32 Å². The minimum absolute atomic E-state index is 0.0427. The van der Waals surface area contributed by atoms with Crippen molar-refractivity contribution in [3.05, 3.63) is 29.8 Å². The molecule has 2 atom stereocenters. The van der Waals surface area contributed by atoms with E-state index < -0.39 is 16.4 Å². The lowest BCUT2D eigenvalue weighted by Crippen LogP contribution is -2.35. The second-order valence-electron chi connectivity index (χ2n) is 4.94. The number of ether oxygens (including phenoxy) is 1. The lowest BCUT2D eigenvalue weighted by molar-refractivity contribution is -0.0499. The summed E-state index contributed by atoms with van der Waals surface area (Å²) in [7, 11) is -3.06. The molecule has 1 N–H and O–H groups in total. The predicted molar refractivity (Wildman–Crippen MR) is 78.4 cm³/mol. The van der Waals surface area contributed by atoms with Crippen molar-refractivity contribution in [2.75, 3.05) is 11.5 Å². The Morgan fingerprint density at radius 2 is 1.95 bits per heavy atom. The standard InChI is InChI=1S/C14H21F2NO3S/c1-4-21(18,19)9-10(2)17-11(3)12-6-5-7-13(8-12)20-14(15)16/h5-8,10-11,14,17H,4,9H2,1-3H3. The number of alkyl halides is 2. The first-order valence-electron chi connectivity index (χ1n) is 6.74. The fraction of sp³-hybridized carbons (Fsp3) is 0.571. The Bertz CT molecular complexity index is 549. The lowest BCUT2D eigenvalue weighted by Gasteiger charge is -2.20. The van der Waals surface area contributed by atoms with E-state index in [0.29, 0.717) is 0 Å². The predicted octanol–water partition coefficient (Wildman–Crippen LogP) is 2.76. The summed E-state index contributed by atoms with van der Waals surface area (Å²) in [6.07, 6.45) is 0. The maximum absolute atomic E-state index is 12.2. The Morgan fingerprint density at radius 1 is 1.29 bits per heavy atom. The summed E-state index contributed by atoms with van der Waals surface area (Å²) in [5, 5.41) is 3.14. The van der Waals surface area contributed by atoms with Crippen LogP contribution >= 0.6 is 0 Å². The maximum Gasteiger partial charge on any atom is 0.387 e. The van der Waals surface area contributed by atoms with Crippen molar-refractivity contribution in [2.24, 2.45) is 0 Å². The quantitative estimate of drug-likeness (QED) is 0.800. The highest BCUT2D eigenvalue weighted by molar-refractivity contribution is 7.91. The molecule has 7 heteroatoms. The molecule has 0 saturated carbocycles. The summed E-state index contributed by atoms with van der Waals surface area (Å²) in [5.41, 5.74) is 0.758. The summed E-state index contributed by atoms with van der Waals surface area (Å²) in [6, 6.07) is 5.96. The zero-order chi connectivity index (χ0) is 16.0. The van der Waals surface area contributed by atoms with Gasteiger partial charge in [-0.3, -0.25) is 0 Å². The summed E-state index contributed by atoms with van der Waals surface area (Å²) >= 11 is 0. The second-order valence-corrected chi connectivity index (χ2v) is 7.34. The topological polar surface area (TPSA) is 55.4 Å². The third kappa shape index (κ3) is 6.39. The molecular weight excluding hydrogens is 300 g/mol. The molecular formula is C14H21F2NO3S. The van der Waals surface area contributed by atoms with Gasteiger partial charge in [0.1, 0.15) is 5.75 Å². The molecule has 0 aromatic heterocycles. The zero-order valence-electron chi connectivity index (χ0n) is 12.3. The SMILES string of the molecule is CCS(=O)(=O)CC(C)NC(C)c1cccc(OC(F)F)c1. The molecule has 1 aromatic rings. The largest absolute Gasteiger partial charge is 0.435 e. The number of halogens is 2. The Hall–Kier alpha value is -1.21. The van der Waals surface area contributed by atoms with Gasteiger partial charge in [-0.15, -0.1) is 0 Å². The van der Waals surface area contributed by atoms with Gasteiger partial charge >= 0.3 is 6.61 Å². The van der Waals surface area contributed by atoms with E-state index in [1.54, 1.807) is 26.0 Å². The molecule has 0 spiro atoms. The smallest absolute Gasteiger partial charge is 0.387 e. The molecule has 0 bridgehead atoms. The minimum Gasteiger partial charge on any atom is -0.435 e. The molecule has 120 valence electrons. The Kier molecular flexibility index (Phi) is 6.54. The van der Waals surface area contributed by atoms with Crippen LogP contribution in [0.2, 0.25) is 0 Å². The van der Waals surface area contributed by atoms with Gasteiger partial charge in [-0.1, -0.05) is 19.1 Å². The first-order valence-corrected chi connectivity index (χ1v) is 8.57. The van der Waals surface area contributed by atoms with Gasteiger partial charge in [-0.05, 0) is 31.5 Å². The van der Waals surface area contributed by atoms with E-state index >= 15 is 0 Å². The van der Waals surface area contributed by atoms with Crippen LogP contribution in [0.1, 0.15) is 32.4 Å². The molecule has 0 heterocycles. The van der Waals surface area contributed by atoms with Crippen LogP contribution in [0, 0.1) is 0 Å². The molecule has 0 fully saturated rings. The maximum atomic E-state index is 12.2. The van der Waals surface area contributed by atoms with E-state index in [4.69, 9.17) is 0 Å². The number of sulfone groups is 1. The number of rotatable bonds is 8. The average Bonchev–Trinajstić information content (AvgIpc) is 2.37. The number of nitrogens with one attached hydrogen (secondary N) is 1. The molecule has 0 aliphatic carbocycles. The summed E-state index contributed by atoms with van der Waals surface area (Å²) in [5.74, 6) is 0.233. The highest BCUT2D eigenvalue weighted by Crippen LogP contribution is 2.21. The number of hydrogen-bond acceptors (Lipinski definition) is 4. The Balaban J connectivity index is 2.69. The van der Waals surface area contributed by atoms with Gasteiger partial charge in [0, 0.05) is 17.8 Å². The van der Waals surface area contributed by atoms with Crippen LogP contribution in [0.3, 0.4) is 0 Å². The van der Waals surface area contributed by atoms with Gasteiger partial charge in [0.2, 0.25) is 0 Å². The van der Waals surface area contributed by atoms with E-state index in [0.717, 1.165) is 5.56 Å². The summed E-state index contributed by atoms with van der Waals surface area (Å²) < 4.78 is 51.8. The Labute approximate surface area is 124 Å². The second kappa shape index (κ2) is 7.70. The fourth-order valence-corrected chi connectivity index (χ4v) is 3.12. The third-order valence-electron chi connectivity index (χ3n) is 3.06. The van der Waals surface area contributed by atoms with Crippen LogP contribution in [-0.4, -0.2) is 32.6 Å². The zero-order valence-corrected chi connectivity index (χ0v) is 13.2. The molecule has 0 radical (unpaired) electrons. The minimum atomic E-state index is -3.06. The first kappa shape index (κ1) is 17.8. The monoisotopic (exact) mass is 321 g/mol. The average molecular weight is 321 g/mol. The van der Waals surface area contributed by atoms with Crippen LogP contribution in [0.5, 0.6) is 5.75 Å². The van der Waals surface area contributed by atoms with Crippen LogP contribution in [-0.2, 0) is 9.84 Å². The summed E-state index contributed by atoms with van der Waals surface area (Å²) in [4.78, 5) is 0. The van der Waals surface area contributed by atoms with Crippen molar-refractivity contribution in [1.29, 1.82) is 0 Å². The van der Waals surface area contributed by atoms with Crippen LogP contribution in [0.4, 0.5) is 8.78 Å². The highest BCUT2D eigenvalue weighted by Gasteiger charge is 2.16.